The predicted octanol–water partition coefficient (Wildman–Crippen LogP) is 2.66. The second kappa shape index (κ2) is 9.90. The van der Waals surface area contributed by atoms with Crippen molar-refractivity contribution in [3.63, 3.8) is 0 Å². The van der Waals surface area contributed by atoms with Gasteiger partial charge in [-0.2, -0.15) is 0 Å². The molecule has 0 bridgehead atoms. The summed E-state index contributed by atoms with van der Waals surface area (Å²) in [5.41, 5.74) is 0.292. The second-order valence-corrected chi connectivity index (χ2v) is 9.07. The van der Waals surface area contributed by atoms with Crippen LogP contribution in [0.5, 0.6) is 0 Å². The molecule has 3 rings (SSSR count). The van der Waals surface area contributed by atoms with Crippen LogP contribution >= 0.6 is 15.9 Å². The average Bonchev–Trinajstić information content (AvgIpc) is 2.99. The number of halogens is 1. The molecule has 0 saturated carbocycles. The van der Waals surface area contributed by atoms with Crippen LogP contribution in [-0.4, -0.2) is 39.2 Å². The van der Waals surface area contributed by atoms with Crippen molar-refractivity contribution in [1.29, 1.82) is 0 Å². The molecule has 9 nitrogen and oxygen atoms in total. The molecule has 30 heavy (non-hydrogen) atoms. The Labute approximate surface area is 182 Å². The van der Waals surface area contributed by atoms with E-state index in [1.807, 2.05) is 0 Å². The van der Waals surface area contributed by atoms with Gasteiger partial charge >= 0.3 is 0 Å². The molecule has 2 aromatic rings. The number of hydrogen-bond donors (Lipinski definition) is 3. The second-order valence-electron chi connectivity index (χ2n) is 6.61. The molecule has 0 spiro atoms. The smallest absolute Gasteiger partial charge is 0.287 e. The minimum atomic E-state index is -3.81. The number of nitrogens with one attached hydrogen (secondary N) is 3. The number of nitrogens with zero attached hydrogens (tertiary/aromatic N) is 1. The Balaban J connectivity index is 1.59. The van der Waals surface area contributed by atoms with E-state index in [9.17, 15) is 18.0 Å². The molecule has 1 aliphatic heterocycles. The van der Waals surface area contributed by atoms with Crippen molar-refractivity contribution in [2.24, 2.45) is 4.99 Å². The Kier molecular flexibility index (Phi) is 7.27. The van der Waals surface area contributed by atoms with Gasteiger partial charge in [0.1, 0.15) is 5.84 Å². The van der Waals surface area contributed by atoms with Gasteiger partial charge in [-0.25, -0.2) is 8.42 Å². The number of amidine groups is 1. The fourth-order valence-electron chi connectivity index (χ4n) is 2.80. The van der Waals surface area contributed by atoms with Crippen LogP contribution in [0.25, 0.3) is 0 Å². The molecule has 1 aromatic heterocycles. The lowest BCUT2D eigenvalue weighted by Crippen LogP contribution is -2.33. The van der Waals surface area contributed by atoms with Crippen LogP contribution in [0.15, 0.2) is 55.4 Å². The molecule has 2 heterocycles. The molecule has 0 fully saturated rings. The van der Waals surface area contributed by atoms with Crippen molar-refractivity contribution in [3.05, 3.63) is 46.8 Å². The van der Waals surface area contributed by atoms with Gasteiger partial charge in [0.2, 0.25) is 5.91 Å². The topological polar surface area (TPSA) is 130 Å². The minimum Gasteiger partial charge on any atom is -0.444 e. The van der Waals surface area contributed by atoms with Crippen molar-refractivity contribution in [3.8, 4) is 0 Å². The molecule has 0 saturated heterocycles. The van der Waals surface area contributed by atoms with Crippen LogP contribution in [0.3, 0.4) is 0 Å². The van der Waals surface area contributed by atoms with Crippen molar-refractivity contribution < 1.29 is 22.4 Å². The van der Waals surface area contributed by atoms with E-state index in [1.54, 1.807) is 12.1 Å². The van der Waals surface area contributed by atoms with Crippen LogP contribution in [-0.2, 0) is 14.8 Å². The van der Waals surface area contributed by atoms with E-state index < -0.39 is 21.8 Å². The van der Waals surface area contributed by atoms with E-state index in [0.29, 0.717) is 29.2 Å². The molecule has 160 valence electrons. The molecule has 0 unspecified atom stereocenters. The van der Waals surface area contributed by atoms with Crippen LogP contribution in [0, 0.1) is 0 Å². The fourth-order valence-corrected chi connectivity index (χ4v) is 4.24. The van der Waals surface area contributed by atoms with E-state index in [1.165, 1.54) is 24.3 Å². The van der Waals surface area contributed by atoms with Crippen LogP contribution < -0.4 is 15.4 Å². The highest BCUT2D eigenvalue weighted by Gasteiger charge is 2.18. The minimum absolute atomic E-state index is 0.0109. The summed E-state index contributed by atoms with van der Waals surface area (Å²) in [7, 11) is -3.81. The number of hydrogen-bond acceptors (Lipinski definition) is 6. The van der Waals surface area contributed by atoms with Gasteiger partial charge in [0.05, 0.1) is 11.4 Å². The van der Waals surface area contributed by atoms with E-state index in [2.05, 4.69) is 36.3 Å². The highest BCUT2D eigenvalue weighted by molar-refractivity contribution is 9.10. The number of aliphatic imine (C=N–C) groups is 1. The molecular weight excluding hydrogens is 476 g/mol. The molecule has 0 atom stereocenters. The maximum Gasteiger partial charge on any atom is 0.287 e. The zero-order valence-corrected chi connectivity index (χ0v) is 18.4. The summed E-state index contributed by atoms with van der Waals surface area (Å²) in [4.78, 5) is 28.3. The number of sulfonamides is 1. The lowest BCUT2D eigenvalue weighted by Gasteiger charge is -2.11. The molecule has 0 radical (unpaired) electrons. The first-order valence-electron chi connectivity index (χ1n) is 9.33. The number of carbonyl (C=O) groups excluding carboxylic acids is 2. The Hall–Kier alpha value is -2.66. The number of benzene rings is 1. The summed E-state index contributed by atoms with van der Waals surface area (Å²) in [6.45, 7) is 0.303. The summed E-state index contributed by atoms with van der Waals surface area (Å²) in [5.74, 6) is -0.533. The van der Waals surface area contributed by atoms with Gasteiger partial charge in [-0.05, 0) is 59.1 Å². The van der Waals surface area contributed by atoms with Crippen molar-refractivity contribution >= 4 is 49.3 Å². The van der Waals surface area contributed by atoms with E-state index in [-0.39, 0.29) is 17.2 Å². The van der Waals surface area contributed by atoms with Gasteiger partial charge in [0, 0.05) is 18.7 Å². The van der Waals surface area contributed by atoms with Crippen molar-refractivity contribution in [2.45, 2.75) is 30.6 Å². The molecule has 0 aliphatic carbocycles. The van der Waals surface area contributed by atoms with Gasteiger partial charge in [-0.15, -0.1) is 0 Å². The lowest BCUT2D eigenvalue weighted by molar-refractivity contribution is -0.115. The third-order valence-corrected chi connectivity index (χ3v) is 6.07. The fraction of sp³-hybridized carbons (Fsp3) is 0.316. The first-order valence-corrected chi connectivity index (χ1v) is 11.6. The van der Waals surface area contributed by atoms with E-state index in [4.69, 9.17) is 4.42 Å². The molecule has 11 heteroatoms. The first-order chi connectivity index (χ1) is 14.3. The van der Waals surface area contributed by atoms with Gasteiger partial charge in [-0.3, -0.25) is 19.3 Å². The zero-order valence-electron chi connectivity index (χ0n) is 16.0. The third-order valence-electron chi connectivity index (χ3n) is 4.26. The third kappa shape index (κ3) is 6.17. The quantitative estimate of drug-likeness (QED) is 0.565. The van der Waals surface area contributed by atoms with Crippen LogP contribution in [0.1, 0.15) is 36.2 Å². The monoisotopic (exact) mass is 496 g/mol. The Morgan fingerprint density at radius 1 is 1.13 bits per heavy atom. The van der Waals surface area contributed by atoms with E-state index in [0.717, 1.165) is 19.3 Å². The van der Waals surface area contributed by atoms with Gasteiger partial charge in [-0.1, -0.05) is 12.5 Å². The average molecular weight is 497 g/mol. The van der Waals surface area contributed by atoms with Crippen molar-refractivity contribution in [1.82, 2.24) is 10.0 Å². The maximum atomic E-state index is 12.6. The van der Waals surface area contributed by atoms with Crippen LogP contribution in [0.4, 0.5) is 5.69 Å². The van der Waals surface area contributed by atoms with Gasteiger partial charge in [0.25, 0.3) is 15.9 Å². The lowest BCUT2D eigenvalue weighted by atomic mass is 10.2. The summed E-state index contributed by atoms with van der Waals surface area (Å²) in [5, 5.41) is 4.99. The number of furan rings is 1. The normalized spacial score (nSPS) is 14.4. The number of anilines is 1. The molecule has 1 aromatic carbocycles. The van der Waals surface area contributed by atoms with Gasteiger partial charge < -0.3 is 15.1 Å². The molecular formula is C19H21BrN4O5S. The number of carbonyl (C=O) groups is 2. The first kappa shape index (κ1) is 22.0. The maximum absolute atomic E-state index is 12.6. The van der Waals surface area contributed by atoms with E-state index >= 15 is 0 Å². The zero-order chi connectivity index (χ0) is 21.6. The molecule has 1 aliphatic rings. The standard InChI is InChI=1S/C19H21BrN4O5S/c20-16-9-8-15(29-16)19(26)22-12-18(25)23-13-5-4-6-14(11-13)30(27,28)24-17-7-2-1-3-10-21-17/h4-6,8-9,11H,1-3,7,10,12H2,(H,21,24)(H,22,26)(H,23,25). The number of amides is 2. The predicted molar refractivity (Wildman–Crippen MR) is 115 cm³/mol. The highest BCUT2D eigenvalue weighted by atomic mass is 79.9. The number of rotatable bonds is 6. The molecule has 3 N–H and O–H groups in total. The van der Waals surface area contributed by atoms with Crippen molar-refractivity contribution in [2.75, 3.05) is 18.4 Å². The largest absolute Gasteiger partial charge is 0.444 e. The highest BCUT2D eigenvalue weighted by Crippen LogP contribution is 2.17. The SMILES string of the molecule is O=C(CNC(=O)c1ccc(Br)o1)Nc1cccc(S(=O)(=O)NC2=NCCCCC2)c1. The summed E-state index contributed by atoms with van der Waals surface area (Å²) in [6.07, 6.45) is 3.43. The van der Waals surface area contributed by atoms with Crippen LogP contribution in [0.2, 0.25) is 0 Å². The Morgan fingerprint density at radius 3 is 2.73 bits per heavy atom. The summed E-state index contributed by atoms with van der Waals surface area (Å²) in [6, 6.07) is 8.91. The summed E-state index contributed by atoms with van der Waals surface area (Å²) >= 11 is 3.09. The molecule has 2 amide bonds. The Bertz CT molecular complexity index is 1060. The van der Waals surface area contributed by atoms with Gasteiger partial charge in [0.15, 0.2) is 10.4 Å². The summed E-state index contributed by atoms with van der Waals surface area (Å²) < 4.78 is 33.3. The Morgan fingerprint density at radius 2 is 1.97 bits per heavy atom.